The molecule has 0 radical (unpaired) electrons. The fourth-order valence-corrected chi connectivity index (χ4v) is 4.26. The molecule has 2 atom stereocenters. The number of carboxylic acids is 1. The van der Waals surface area contributed by atoms with E-state index < -0.39 is 18.1 Å². The molecule has 6 heteroatoms. The molecule has 0 spiro atoms. The van der Waals surface area contributed by atoms with Gasteiger partial charge in [0.2, 0.25) is 0 Å². The molecular formula is C25H22ClNO4. The van der Waals surface area contributed by atoms with Gasteiger partial charge in [0.15, 0.2) is 0 Å². The number of carboxylic acid groups (broad SMARTS) is 1. The van der Waals surface area contributed by atoms with E-state index in [9.17, 15) is 14.7 Å². The predicted molar refractivity (Wildman–Crippen MR) is 118 cm³/mol. The van der Waals surface area contributed by atoms with Crippen LogP contribution >= 0.6 is 11.6 Å². The second kappa shape index (κ2) is 9.23. The van der Waals surface area contributed by atoms with E-state index in [2.05, 4.69) is 0 Å². The van der Waals surface area contributed by atoms with Crippen molar-refractivity contribution < 1.29 is 19.4 Å². The maximum Gasteiger partial charge on any atom is 0.326 e. The lowest BCUT2D eigenvalue weighted by Crippen LogP contribution is -2.41. The number of hydrogen-bond donors (Lipinski definition) is 1. The largest absolute Gasteiger partial charge is 0.489 e. The van der Waals surface area contributed by atoms with Gasteiger partial charge in [0.1, 0.15) is 18.4 Å². The molecule has 31 heavy (non-hydrogen) atoms. The van der Waals surface area contributed by atoms with Gasteiger partial charge in [-0.15, -0.1) is 0 Å². The third-order valence-electron chi connectivity index (χ3n) is 5.50. The molecule has 1 amide bonds. The van der Waals surface area contributed by atoms with Crippen molar-refractivity contribution >= 4 is 23.5 Å². The lowest BCUT2D eigenvalue weighted by Gasteiger charge is -2.29. The Balaban J connectivity index is 1.60. The van der Waals surface area contributed by atoms with Gasteiger partial charge >= 0.3 is 5.97 Å². The fraction of sp³-hybridized carbons (Fsp3) is 0.200. The summed E-state index contributed by atoms with van der Waals surface area (Å²) in [5.74, 6) is -0.811. The number of benzene rings is 3. The Morgan fingerprint density at radius 2 is 1.71 bits per heavy atom. The van der Waals surface area contributed by atoms with Crippen molar-refractivity contribution in [2.24, 2.45) is 0 Å². The van der Waals surface area contributed by atoms with E-state index in [1.54, 1.807) is 30.3 Å². The molecule has 5 nitrogen and oxygen atoms in total. The summed E-state index contributed by atoms with van der Waals surface area (Å²) in [4.78, 5) is 26.8. The maximum atomic E-state index is 13.4. The first-order chi connectivity index (χ1) is 15.0. The van der Waals surface area contributed by atoms with Crippen LogP contribution in [-0.2, 0) is 11.4 Å². The Kier molecular flexibility index (Phi) is 6.23. The zero-order chi connectivity index (χ0) is 21.8. The normalized spacial score (nSPS) is 18.0. The Labute approximate surface area is 185 Å². The van der Waals surface area contributed by atoms with Gasteiger partial charge in [-0.1, -0.05) is 66.2 Å². The zero-order valence-corrected chi connectivity index (χ0v) is 17.5. The van der Waals surface area contributed by atoms with Crippen LogP contribution in [0.2, 0.25) is 5.02 Å². The number of amides is 1. The number of ether oxygens (including phenoxy) is 1. The van der Waals surface area contributed by atoms with Crippen molar-refractivity contribution in [2.75, 3.05) is 0 Å². The Morgan fingerprint density at radius 3 is 2.45 bits per heavy atom. The summed E-state index contributed by atoms with van der Waals surface area (Å²) in [5, 5.41) is 10.3. The van der Waals surface area contributed by atoms with E-state index in [0.717, 1.165) is 11.1 Å². The van der Waals surface area contributed by atoms with Crippen LogP contribution in [0.4, 0.5) is 0 Å². The molecule has 0 aliphatic carbocycles. The lowest BCUT2D eigenvalue weighted by atomic mass is 10.0. The Hall–Kier alpha value is -3.31. The minimum absolute atomic E-state index is 0.347. The molecule has 3 aromatic rings. The quantitative estimate of drug-likeness (QED) is 0.566. The summed E-state index contributed by atoms with van der Waals surface area (Å²) in [6.45, 7) is 0.377. The maximum absolute atomic E-state index is 13.4. The second-order valence-corrected chi connectivity index (χ2v) is 7.89. The smallest absolute Gasteiger partial charge is 0.326 e. The van der Waals surface area contributed by atoms with Crippen molar-refractivity contribution in [3.8, 4) is 5.75 Å². The van der Waals surface area contributed by atoms with E-state index in [-0.39, 0.29) is 5.91 Å². The molecule has 1 saturated heterocycles. The third kappa shape index (κ3) is 4.57. The number of halogens is 1. The van der Waals surface area contributed by atoms with Crippen LogP contribution in [0, 0.1) is 0 Å². The highest BCUT2D eigenvalue weighted by atomic mass is 35.5. The van der Waals surface area contributed by atoms with Crippen LogP contribution in [0.3, 0.4) is 0 Å². The van der Waals surface area contributed by atoms with Crippen molar-refractivity contribution in [1.82, 2.24) is 4.90 Å². The first-order valence-electron chi connectivity index (χ1n) is 10.1. The average Bonchev–Trinajstić information content (AvgIpc) is 3.23. The summed E-state index contributed by atoms with van der Waals surface area (Å²) in [6, 6.07) is 22.6. The molecule has 1 aliphatic heterocycles. The van der Waals surface area contributed by atoms with Crippen LogP contribution in [0.5, 0.6) is 5.75 Å². The molecular weight excluding hydrogens is 414 g/mol. The van der Waals surface area contributed by atoms with Gasteiger partial charge in [0, 0.05) is 10.6 Å². The van der Waals surface area contributed by atoms with Crippen LogP contribution in [0.15, 0.2) is 78.9 Å². The topological polar surface area (TPSA) is 66.8 Å². The number of likely N-dealkylation sites (tertiary alicyclic amines) is 1. The minimum Gasteiger partial charge on any atom is -0.489 e. The summed E-state index contributed by atoms with van der Waals surface area (Å²) in [6.07, 6.45) is 0.914. The van der Waals surface area contributed by atoms with Crippen LogP contribution in [0.1, 0.15) is 40.4 Å². The number of carbonyl (C=O) groups is 2. The van der Waals surface area contributed by atoms with Gasteiger partial charge in [-0.3, -0.25) is 4.79 Å². The Morgan fingerprint density at radius 1 is 0.968 bits per heavy atom. The minimum atomic E-state index is -1.01. The molecule has 1 fully saturated rings. The first-order valence-corrected chi connectivity index (χ1v) is 10.5. The summed E-state index contributed by atoms with van der Waals surface area (Å²) in [7, 11) is 0. The fourth-order valence-electron chi connectivity index (χ4n) is 4.00. The summed E-state index contributed by atoms with van der Waals surface area (Å²) < 4.78 is 5.84. The van der Waals surface area contributed by atoms with E-state index in [0.29, 0.717) is 35.8 Å². The van der Waals surface area contributed by atoms with Gasteiger partial charge in [-0.2, -0.15) is 0 Å². The van der Waals surface area contributed by atoms with E-state index in [1.165, 1.54) is 4.90 Å². The standard InChI is InChI=1S/C25H22ClNO4/c26-21-12-5-4-11-20(21)22-13-14-23(25(29)30)27(22)24(28)18-9-6-10-19(15-18)31-16-17-7-2-1-3-8-17/h1-12,15,22-23H,13-14,16H2,(H,29,30)/t22-,23+/m1/s1. The molecule has 4 rings (SSSR count). The average molecular weight is 436 g/mol. The lowest BCUT2D eigenvalue weighted by molar-refractivity contribution is -0.141. The number of rotatable bonds is 6. The van der Waals surface area contributed by atoms with Gasteiger partial charge < -0.3 is 14.7 Å². The van der Waals surface area contributed by atoms with Crippen LogP contribution < -0.4 is 4.74 Å². The highest BCUT2D eigenvalue weighted by molar-refractivity contribution is 6.31. The number of hydrogen-bond acceptors (Lipinski definition) is 3. The third-order valence-corrected chi connectivity index (χ3v) is 5.84. The summed E-state index contributed by atoms with van der Waals surface area (Å²) in [5.41, 5.74) is 2.16. The molecule has 0 unspecified atom stereocenters. The van der Waals surface area contributed by atoms with Crippen molar-refractivity contribution in [1.29, 1.82) is 0 Å². The number of nitrogens with zero attached hydrogens (tertiary/aromatic N) is 1. The molecule has 1 N–H and O–H groups in total. The van der Waals surface area contributed by atoms with Crippen molar-refractivity contribution in [2.45, 2.75) is 31.5 Å². The van der Waals surface area contributed by atoms with E-state index in [1.807, 2.05) is 48.5 Å². The van der Waals surface area contributed by atoms with Crippen LogP contribution in [-0.4, -0.2) is 27.9 Å². The van der Waals surface area contributed by atoms with Gasteiger partial charge in [-0.05, 0) is 48.2 Å². The van der Waals surface area contributed by atoms with E-state index in [4.69, 9.17) is 16.3 Å². The first kappa shape index (κ1) is 20.9. The molecule has 158 valence electrons. The zero-order valence-electron chi connectivity index (χ0n) is 16.8. The van der Waals surface area contributed by atoms with Gasteiger partial charge in [0.05, 0.1) is 6.04 Å². The Bertz CT molecular complexity index is 1090. The molecule has 1 heterocycles. The summed E-state index contributed by atoms with van der Waals surface area (Å²) >= 11 is 6.37. The number of aliphatic carboxylic acids is 1. The SMILES string of the molecule is O=C(O)[C@@H]1CC[C@H](c2ccccc2Cl)N1C(=O)c1cccc(OCc2ccccc2)c1. The van der Waals surface area contributed by atoms with Gasteiger partial charge in [-0.25, -0.2) is 4.79 Å². The molecule has 0 aromatic heterocycles. The highest BCUT2D eigenvalue weighted by Crippen LogP contribution is 2.40. The van der Waals surface area contributed by atoms with Crippen LogP contribution in [0.25, 0.3) is 0 Å². The van der Waals surface area contributed by atoms with Crippen molar-refractivity contribution in [3.63, 3.8) is 0 Å². The molecule has 0 bridgehead atoms. The second-order valence-electron chi connectivity index (χ2n) is 7.48. The molecule has 0 saturated carbocycles. The molecule has 3 aromatic carbocycles. The van der Waals surface area contributed by atoms with Crippen molar-refractivity contribution in [3.05, 3.63) is 101 Å². The highest BCUT2D eigenvalue weighted by Gasteiger charge is 2.42. The monoisotopic (exact) mass is 435 g/mol. The predicted octanol–water partition coefficient (Wildman–Crippen LogP) is 5.35. The molecule has 1 aliphatic rings. The number of carbonyl (C=O) groups excluding carboxylic acids is 1. The van der Waals surface area contributed by atoms with Gasteiger partial charge in [0.25, 0.3) is 5.91 Å². The van der Waals surface area contributed by atoms with E-state index >= 15 is 0 Å².